The van der Waals surface area contributed by atoms with E-state index < -0.39 is 11.7 Å². The highest BCUT2D eigenvalue weighted by Crippen LogP contribution is 2.15. The summed E-state index contributed by atoms with van der Waals surface area (Å²) in [6.07, 6.45) is 0.321. The number of hydrogen-bond acceptors (Lipinski definition) is 4. The molecule has 20 heavy (non-hydrogen) atoms. The molecule has 0 saturated carbocycles. The Labute approximate surface area is 125 Å². The lowest BCUT2D eigenvalue weighted by Gasteiger charge is -2.19. The summed E-state index contributed by atoms with van der Waals surface area (Å²) >= 11 is 3.19. The maximum absolute atomic E-state index is 11.4. The van der Waals surface area contributed by atoms with E-state index in [0.29, 0.717) is 13.2 Å². The number of rotatable bonds is 6. The molecule has 0 aliphatic rings. The van der Waals surface area contributed by atoms with E-state index in [9.17, 15) is 4.79 Å². The van der Waals surface area contributed by atoms with Gasteiger partial charge in [-0.2, -0.15) is 0 Å². The molecule has 0 aliphatic heterocycles. The average Bonchev–Trinajstić information content (AvgIpc) is 2.37. The van der Waals surface area contributed by atoms with Crippen molar-refractivity contribution in [1.82, 2.24) is 5.32 Å². The molecule has 6 heteroatoms. The van der Waals surface area contributed by atoms with Crippen molar-refractivity contribution in [2.24, 2.45) is 0 Å². The molecular formula is C14H23N2O3S+. The van der Waals surface area contributed by atoms with E-state index in [1.54, 1.807) is 0 Å². The molecule has 1 rings (SSSR count). The largest absolute Gasteiger partial charge is 0.494 e. The van der Waals surface area contributed by atoms with Crippen molar-refractivity contribution in [3.8, 4) is 5.75 Å². The van der Waals surface area contributed by atoms with Gasteiger partial charge in [-0.3, -0.25) is 0 Å². The van der Waals surface area contributed by atoms with Crippen LogP contribution in [-0.4, -0.2) is 24.8 Å². The Bertz CT molecular complexity index is 415. The minimum Gasteiger partial charge on any atom is -0.494 e. The van der Waals surface area contributed by atoms with Crippen molar-refractivity contribution in [2.45, 2.75) is 32.8 Å². The van der Waals surface area contributed by atoms with Crippen molar-refractivity contribution >= 4 is 24.6 Å². The maximum atomic E-state index is 11.4. The van der Waals surface area contributed by atoms with E-state index in [0.717, 1.165) is 17.9 Å². The highest BCUT2D eigenvalue weighted by Gasteiger charge is 2.15. The van der Waals surface area contributed by atoms with Crippen LogP contribution < -0.4 is 14.8 Å². The summed E-state index contributed by atoms with van der Waals surface area (Å²) in [5.74, 6) is 0.799. The molecule has 5 nitrogen and oxygen atoms in total. The fourth-order valence-electron chi connectivity index (χ4n) is 1.40. The zero-order chi connectivity index (χ0) is 15.0. The smallest absolute Gasteiger partial charge is 0.407 e. The second kappa shape index (κ2) is 7.89. The lowest BCUT2D eigenvalue weighted by molar-refractivity contribution is 0.0525. The third kappa shape index (κ3) is 7.13. The molecule has 0 radical (unpaired) electrons. The van der Waals surface area contributed by atoms with Crippen molar-refractivity contribution < 1.29 is 14.3 Å². The summed E-state index contributed by atoms with van der Waals surface area (Å²) in [7, 11) is 0. The van der Waals surface area contributed by atoms with Gasteiger partial charge in [0.2, 0.25) is 0 Å². The molecule has 0 fully saturated rings. The number of anilines is 1. The van der Waals surface area contributed by atoms with Crippen LogP contribution in [0.5, 0.6) is 5.75 Å². The van der Waals surface area contributed by atoms with Crippen LogP contribution in [-0.2, 0) is 17.6 Å². The minimum atomic E-state index is -0.467. The highest BCUT2D eigenvalue weighted by atomic mass is 32.1. The Morgan fingerprint density at radius 3 is 2.45 bits per heavy atom. The molecule has 1 aromatic rings. The molecule has 0 spiro atoms. The van der Waals surface area contributed by atoms with Gasteiger partial charge in [-0.1, -0.05) is 0 Å². The molecule has 0 heterocycles. The van der Waals surface area contributed by atoms with Crippen LogP contribution in [0.15, 0.2) is 24.3 Å². The van der Waals surface area contributed by atoms with E-state index in [1.807, 2.05) is 45.0 Å². The quantitative estimate of drug-likeness (QED) is 0.625. The summed E-state index contributed by atoms with van der Waals surface area (Å²) in [5, 5.41) is 2.69. The normalized spacial score (nSPS) is 10.8. The van der Waals surface area contributed by atoms with Crippen molar-refractivity contribution in [1.29, 1.82) is 0 Å². The summed E-state index contributed by atoms with van der Waals surface area (Å²) in [5.41, 5.74) is 0.492. The zero-order valence-corrected chi connectivity index (χ0v) is 13.2. The monoisotopic (exact) mass is 299 g/mol. The van der Waals surface area contributed by atoms with Gasteiger partial charge < -0.3 is 14.8 Å². The Hall–Kier alpha value is -1.56. The fraction of sp³-hybridized carbons (Fsp3) is 0.500. The van der Waals surface area contributed by atoms with Gasteiger partial charge >= 0.3 is 6.09 Å². The van der Waals surface area contributed by atoms with Gasteiger partial charge in [0, 0.05) is 6.54 Å². The molecule has 0 bridgehead atoms. The first-order valence-corrected chi connectivity index (χ1v) is 7.03. The first-order valence-electron chi connectivity index (χ1n) is 6.53. The van der Waals surface area contributed by atoms with Gasteiger partial charge in [0.15, 0.2) is 0 Å². The van der Waals surface area contributed by atoms with E-state index in [-0.39, 0.29) is 0 Å². The second-order valence-corrected chi connectivity index (χ2v) is 5.53. The topological polar surface area (TPSA) is 59.6 Å². The van der Waals surface area contributed by atoms with Crippen molar-refractivity contribution in [3.63, 3.8) is 0 Å². The van der Waals surface area contributed by atoms with E-state index in [4.69, 9.17) is 9.47 Å². The minimum absolute atomic E-state index is 0.398. The number of benzene rings is 1. The van der Waals surface area contributed by atoms with Gasteiger partial charge in [-0.15, -0.1) is 0 Å². The summed E-state index contributed by atoms with van der Waals surface area (Å²) in [6, 6.07) is 7.57. The number of carbonyl (C=O) groups excluding carboxylic acids is 1. The standard InChI is InChI=1S/C14H22N2O3S/c1-14(2,3)19-13(17)15-9-4-10-18-12-7-5-11(16-20)6-8-12/h5-8,16,20H,4,9-10H2,1-3H3,(H,15,17)/p+1. The number of carbonyl (C=O) groups is 1. The fourth-order valence-corrected chi connectivity index (χ4v) is 1.57. The maximum Gasteiger partial charge on any atom is 0.407 e. The number of hydrogen-bond donors (Lipinski definition) is 2. The summed E-state index contributed by atoms with van der Waals surface area (Å²) in [6.45, 7) is 6.56. The Morgan fingerprint density at radius 1 is 1.25 bits per heavy atom. The van der Waals surface area contributed by atoms with Crippen LogP contribution in [0, 0.1) is 0 Å². The molecule has 1 amide bonds. The number of nitrogens with one attached hydrogen (secondary N) is 2. The molecular weight excluding hydrogens is 276 g/mol. The van der Waals surface area contributed by atoms with Crippen molar-refractivity contribution in [2.75, 3.05) is 17.9 Å². The summed E-state index contributed by atoms with van der Waals surface area (Å²) < 4.78 is 13.5. The summed E-state index contributed by atoms with van der Waals surface area (Å²) in [4.78, 5) is 11.4. The Morgan fingerprint density at radius 2 is 1.90 bits per heavy atom. The lowest BCUT2D eigenvalue weighted by Crippen LogP contribution is -2.33. The third-order valence-electron chi connectivity index (χ3n) is 2.26. The SMILES string of the molecule is CC(C)(C)OC(=O)NCCCOc1ccc(N[SH2+])cc1. The average molecular weight is 299 g/mol. The zero-order valence-electron chi connectivity index (χ0n) is 12.2. The second-order valence-electron chi connectivity index (χ2n) is 5.28. The third-order valence-corrected chi connectivity index (χ3v) is 2.55. The van der Waals surface area contributed by atoms with Crippen LogP contribution in [0.4, 0.5) is 10.5 Å². The number of alkyl carbamates (subject to hydrolysis) is 1. The van der Waals surface area contributed by atoms with Gasteiger partial charge in [-0.05, 0) is 51.5 Å². The molecule has 0 aromatic heterocycles. The van der Waals surface area contributed by atoms with Crippen LogP contribution >= 0.6 is 0 Å². The van der Waals surface area contributed by atoms with Gasteiger partial charge in [0.25, 0.3) is 0 Å². The highest BCUT2D eigenvalue weighted by molar-refractivity contribution is 7.60. The van der Waals surface area contributed by atoms with Gasteiger partial charge in [-0.25, -0.2) is 9.52 Å². The van der Waals surface area contributed by atoms with Crippen LogP contribution in [0.3, 0.4) is 0 Å². The Balaban J connectivity index is 2.14. The molecule has 112 valence electrons. The number of amides is 1. The van der Waals surface area contributed by atoms with Gasteiger partial charge in [0.1, 0.15) is 11.4 Å². The van der Waals surface area contributed by atoms with E-state index in [2.05, 4.69) is 22.9 Å². The van der Waals surface area contributed by atoms with Crippen LogP contribution in [0.1, 0.15) is 27.2 Å². The molecule has 2 N–H and O–H groups in total. The molecule has 0 atom stereocenters. The van der Waals surface area contributed by atoms with Crippen LogP contribution in [0.2, 0.25) is 0 Å². The van der Waals surface area contributed by atoms with E-state index >= 15 is 0 Å². The number of ether oxygens (including phenoxy) is 2. The lowest BCUT2D eigenvalue weighted by atomic mass is 10.2. The molecule has 0 aliphatic carbocycles. The predicted octanol–water partition coefficient (Wildman–Crippen LogP) is 2.32. The molecule has 0 unspecified atom stereocenters. The van der Waals surface area contributed by atoms with Crippen molar-refractivity contribution in [3.05, 3.63) is 24.3 Å². The first kappa shape index (κ1) is 16.5. The van der Waals surface area contributed by atoms with Crippen LogP contribution in [0.25, 0.3) is 0 Å². The van der Waals surface area contributed by atoms with Gasteiger partial charge in [0.05, 0.1) is 25.1 Å². The Kier molecular flexibility index (Phi) is 6.51. The first-order chi connectivity index (χ1) is 9.40. The van der Waals surface area contributed by atoms with E-state index in [1.165, 1.54) is 0 Å². The predicted molar refractivity (Wildman–Crippen MR) is 84.6 cm³/mol. The molecule has 0 saturated heterocycles. The molecule has 1 aromatic carbocycles.